The molecule has 0 aromatic carbocycles. The van der Waals surface area contributed by atoms with E-state index in [1.807, 2.05) is 18.7 Å². The molecule has 1 aliphatic rings. The number of rotatable bonds is 3. The Morgan fingerprint density at radius 3 is 2.67 bits per heavy atom. The van der Waals surface area contributed by atoms with E-state index in [9.17, 15) is 4.79 Å². The Labute approximate surface area is 122 Å². The van der Waals surface area contributed by atoms with Crippen molar-refractivity contribution in [2.75, 3.05) is 6.54 Å². The highest BCUT2D eigenvalue weighted by atomic mass is 16.6. The van der Waals surface area contributed by atoms with E-state index in [0.29, 0.717) is 11.4 Å². The van der Waals surface area contributed by atoms with Gasteiger partial charge in [0.15, 0.2) is 0 Å². The quantitative estimate of drug-likeness (QED) is 0.858. The van der Waals surface area contributed by atoms with Gasteiger partial charge in [0.05, 0.1) is 18.2 Å². The Balaban J connectivity index is 1.81. The van der Waals surface area contributed by atoms with Crippen LogP contribution in [0.15, 0.2) is 9.15 Å². The van der Waals surface area contributed by atoms with Gasteiger partial charge in [0.25, 0.3) is 0 Å². The average molecular weight is 290 g/mol. The van der Waals surface area contributed by atoms with Gasteiger partial charge in [0.1, 0.15) is 17.1 Å². The highest BCUT2D eigenvalue weighted by molar-refractivity contribution is 5.79. The Kier molecular flexibility index (Phi) is 3.48. The molecule has 1 atom stereocenters. The average Bonchev–Trinajstić information content (AvgIpc) is 3.13. The van der Waals surface area contributed by atoms with Crippen molar-refractivity contribution >= 4 is 5.91 Å². The monoisotopic (exact) mass is 290 g/mol. The van der Waals surface area contributed by atoms with E-state index in [1.165, 1.54) is 0 Å². The lowest BCUT2D eigenvalue weighted by molar-refractivity contribution is -0.131. The van der Waals surface area contributed by atoms with Crippen molar-refractivity contribution in [2.45, 2.75) is 46.1 Å². The van der Waals surface area contributed by atoms with Crippen molar-refractivity contribution in [3.05, 3.63) is 28.4 Å². The lowest BCUT2D eigenvalue weighted by atomic mass is 10.0. The second-order valence-corrected chi connectivity index (χ2v) is 5.46. The van der Waals surface area contributed by atoms with E-state index in [0.717, 1.165) is 36.4 Å². The van der Waals surface area contributed by atoms with Crippen LogP contribution in [-0.4, -0.2) is 32.8 Å². The molecule has 2 aromatic rings. The molecule has 1 saturated heterocycles. The molecule has 7 nitrogen and oxygen atoms in total. The first-order valence-electron chi connectivity index (χ1n) is 7.08. The molecule has 7 heteroatoms. The van der Waals surface area contributed by atoms with E-state index < -0.39 is 0 Å². The third-order valence-corrected chi connectivity index (χ3v) is 4.06. The largest absolute Gasteiger partial charge is 0.361 e. The van der Waals surface area contributed by atoms with Crippen LogP contribution >= 0.6 is 0 Å². The molecule has 0 unspecified atom stereocenters. The minimum absolute atomic E-state index is 0.0382. The SMILES string of the molecule is Cc1nonc1CC(=O)N1CCC[C@H]1c1c(C)noc1C. The summed E-state index contributed by atoms with van der Waals surface area (Å²) < 4.78 is 9.89. The summed E-state index contributed by atoms with van der Waals surface area (Å²) in [7, 11) is 0. The topological polar surface area (TPSA) is 85.3 Å². The van der Waals surface area contributed by atoms with Gasteiger partial charge in [-0.1, -0.05) is 15.5 Å². The molecule has 0 N–H and O–H groups in total. The Hall–Kier alpha value is -2.18. The lowest BCUT2D eigenvalue weighted by Crippen LogP contribution is -2.32. The number of aromatic nitrogens is 3. The first kappa shape index (κ1) is 13.8. The molecular formula is C14H18N4O3. The van der Waals surface area contributed by atoms with Crippen LogP contribution in [0.5, 0.6) is 0 Å². The van der Waals surface area contributed by atoms with Crippen LogP contribution in [0.25, 0.3) is 0 Å². The second-order valence-electron chi connectivity index (χ2n) is 5.46. The molecule has 112 valence electrons. The number of carbonyl (C=O) groups excluding carboxylic acids is 1. The maximum Gasteiger partial charge on any atom is 0.229 e. The van der Waals surface area contributed by atoms with Gasteiger partial charge in [-0.2, -0.15) is 0 Å². The van der Waals surface area contributed by atoms with Crippen molar-refractivity contribution in [3.63, 3.8) is 0 Å². The molecule has 1 amide bonds. The minimum atomic E-state index is 0.0382. The predicted molar refractivity (Wildman–Crippen MR) is 72.4 cm³/mol. The van der Waals surface area contributed by atoms with Crippen LogP contribution in [0.2, 0.25) is 0 Å². The summed E-state index contributed by atoms with van der Waals surface area (Å²) in [6.45, 7) is 6.34. The van der Waals surface area contributed by atoms with Gasteiger partial charge < -0.3 is 9.42 Å². The van der Waals surface area contributed by atoms with Crippen molar-refractivity contribution in [1.82, 2.24) is 20.4 Å². The molecule has 0 aliphatic carbocycles. The molecule has 0 radical (unpaired) electrons. The van der Waals surface area contributed by atoms with Gasteiger partial charge in [0.2, 0.25) is 5.91 Å². The van der Waals surface area contributed by atoms with E-state index in [1.54, 1.807) is 6.92 Å². The summed E-state index contributed by atoms with van der Waals surface area (Å²) in [5.74, 6) is 0.827. The fourth-order valence-electron chi connectivity index (χ4n) is 2.99. The maximum atomic E-state index is 12.6. The first-order chi connectivity index (χ1) is 10.1. The highest BCUT2D eigenvalue weighted by Crippen LogP contribution is 2.35. The Morgan fingerprint density at radius 1 is 1.24 bits per heavy atom. The molecule has 3 rings (SSSR count). The van der Waals surface area contributed by atoms with Gasteiger partial charge in [-0.3, -0.25) is 4.79 Å². The van der Waals surface area contributed by atoms with Crippen LogP contribution in [0.1, 0.15) is 47.3 Å². The zero-order valence-electron chi connectivity index (χ0n) is 12.4. The number of carbonyl (C=O) groups is 1. The van der Waals surface area contributed by atoms with Crippen LogP contribution in [0, 0.1) is 20.8 Å². The predicted octanol–water partition coefficient (Wildman–Crippen LogP) is 1.89. The zero-order valence-corrected chi connectivity index (χ0v) is 12.4. The van der Waals surface area contributed by atoms with E-state index >= 15 is 0 Å². The number of hydrogen-bond donors (Lipinski definition) is 0. The van der Waals surface area contributed by atoms with Gasteiger partial charge in [0, 0.05) is 12.1 Å². The van der Waals surface area contributed by atoms with E-state index in [2.05, 4.69) is 20.1 Å². The summed E-state index contributed by atoms with van der Waals surface area (Å²) in [6, 6.07) is 0.0453. The molecule has 0 bridgehead atoms. The van der Waals surface area contributed by atoms with Crippen molar-refractivity contribution < 1.29 is 13.9 Å². The molecule has 0 saturated carbocycles. The summed E-state index contributed by atoms with van der Waals surface area (Å²) in [5, 5.41) is 11.5. The van der Waals surface area contributed by atoms with Gasteiger partial charge in [-0.05, 0) is 33.6 Å². The molecule has 21 heavy (non-hydrogen) atoms. The third-order valence-electron chi connectivity index (χ3n) is 4.06. The van der Waals surface area contributed by atoms with Gasteiger partial charge in [-0.15, -0.1) is 0 Å². The summed E-state index contributed by atoms with van der Waals surface area (Å²) in [5.41, 5.74) is 3.16. The first-order valence-corrected chi connectivity index (χ1v) is 7.08. The number of amides is 1. The molecular weight excluding hydrogens is 272 g/mol. The summed E-state index contributed by atoms with van der Waals surface area (Å²) in [4.78, 5) is 14.4. The number of aryl methyl sites for hydroxylation is 3. The van der Waals surface area contributed by atoms with E-state index in [4.69, 9.17) is 4.52 Å². The Bertz CT molecular complexity index is 641. The Morgan fingerprint density at radius 2 is 2.05 bits per heavy atom. The number of likely N-dealkylation sites (tertiary alicyclic amines) is 1. The minimum Gasteiger partial charge on any atom is -0.361 e. The third kappa shape index (κ3) is 2.43. The fraction of sp³-hybridized carbons (Fsp3) is 0.571. The van der Waals surface area contributed by atoms with Crippen LogP contribution in [0.4, 0.5) is 0 Å². The standard InChI is InChI=1S/C14H18N4O3/c1-8-11(17-21-16-8)7-13(19)18-6-4-5-12(18)14-9(2)15-20-10(14)3/h12H,4-7H2,1-3H3/t12-/m0/s1. The highest BCUT2D eigenvalue weighted by Gasteiger charge is 2.34. The molecule has 1 aliphatic heterocycles. The summed E-state index contributed by atoms with van der Waals surface area (Å²) >= 11 is 0. The summed E-state index contributed by atoms with van der Waals surface area (Å²) in [6.07, 6.45) is 2.14. The zero-order chi connectivity index (χ0) is 15.0. The van der Waals surface area contributed by atoms with Crippen LogP contribution < -0.4 is 0 Å². The molecule has 2 aromatic heterocycles. The maximum absolute atomic E-state index is 12.6. The number of nitrogens with zero attached hydrogens (tertiary/aromatic N) is 4. The molecule has 0 spiro atoms. The second kappa shape index (κ2) is 5.31. The fourth-order valence-corrected chi connectivity index (χ4v) is 2.99. The number of hydrogen-bond acceptors (Lipinski definition) is 6. The van der Waals surface area contributed by atoms with Crippen molar-refractivity contribution in [2.24, 2.45) is 0 Å². The molecule has 1 fully saturated rings. The normalized spacial score (nSPS) is 18.4. The van der Waals surface area contributed by atoms with Crippen molar-refractivity contribution in [1.29, 1.82) is 0 Å². The van der Waals surface area contributed by atoms with Crippen LogP contribution in [0.3, 0.4) is 0 Å². The molecule has 3 heterocycles. The van der Waals surface area contributed by atoms with Gasteiger partial charge in [-0.25, -0.2) is 4.63 Å². The van der Waals surface area contributed by atoms with Crippen molar-refractivity contribution in [3.8, 4) is 0 Å². The lowest BCUT2D eigenvalue weighted by Gasteiger charge is -2.24. The van der Waals surface area contributed by atoms with Gasteiger partial charge >= 0.3 is 0 Å². The van der Waals surface area contributed by atoms with E-state index in [-0.39, 0.29) is 18.4 Å². The smallest absolute Gasteiger partial charge is 0.229 e. The van der Waals surface area contributed by atoms with Crippen LogP contribution in [-0.2, 0) is 11.2 Å².